The molecule has 25 heavy (non-hydrogen) atoms. The Morgan fingerprint density at radius 1 is 1.44 bits per heavy atom. The van der Waals surface area contributed by atoms with E-state index in [4.69, 9.17) is 0 Å². The first-order chi connectivity index (χ1) is 11.8. The summed E-state index contributed by atoms with van der Waals surface area (Å²) in [4.78, 5) is 11.7. The van der Waals surface area contributed by atoms with Crippen molar-refractivity contribution < 1.29 is 13.2 Å². The van der Waals surface area contributed by atoms with E-state index < -0.39 is 12.7 Å². The van der Waals surface area contributed by atoms with Crippen LogP contribution in [-0.4, -0.2) is 68.8 Å². The average Bonchev–Trinajstić information content (AvgIpc) is 2.96. The van der Waals surface area contributed by atoms with Gasteiger partial charge in [-0.2, -0.15) is 13.2 Å². The minimum atomic E-state index is -4.15. The Balaban J connectivity index is 1.83. The number of alkyl halides is 3. The first-order valence-electron chi connectivity index (χ1n) is 8.15. The summed E-state index contributed by atoms with van der Waals surface area (Å²) in [6.45, 7) is 0.495. The Hall–Kier alpha value is -2.03. The monoisotopic (exact) mass is 358 g/mol. The third kappa shape index (κ3) is 6.41. The number of rotatable bonds is 5. The smallest absolute Gasteiger partial charge is 0.363 e. The van der Waals surface area contributed by atoms with Crippen LogP contribution in [0.5, 0.6) is 0 Å². The average molecular weight is 358 g/mol. The Morgan fingerprint density at radius 3 is 2.84 bits per heavy atom. The highest BCUT2D eigenvalue weighted by atomic mass is 19.4. The lowest BCUT2D eigenvalue weighted by atomic mass is 10.2. The molecule has 1 atom stereocenters. The van der Waals surface area contributed by atoms with Crippen LogP contribution in [-0.2, 0) is 6.54 Å². The van der Waals surface area contributed by atoms with Crippen LogP contribution in [0.1, 0.15) is 12.0 Å². The van der Waals surface area contributed by atoms with Crippen molar-refractivity contribution in [1.82, 2.24) is 20.5 Å². The van der Waals surface area contributed by atoms with Crippen molar-refractivity contribution in [3.63, 3.8) is 0 Å². The molecule has 0 amide bonds. The number of likely N-dealkylation sites (tertiary alicyclic amines) is 1. The number of pyridine rings is 1. The van der Waals surface area contributed by atoms with Gasteiger partial charge >= 0.3 is 6.18 Å². The summed E-state index contributed by atoms with van der Waals surface area (Å²) < 4.78 is 37.4. The van der Waals surface area contributed by atoms with Gasteiger partial charge in [-0.15, -0.1) is 0 Å². The number of anilines is 1. The zero-order chi connectivity index (χ0) is 18.4. The minimum Gasteiger partial charge on any atom is -0.363 e. The van der Waals surface area contributed by atoms with Crippen molar-refractivity contribution in [2.75, 3.05) is 45.7 Å². The van der Waals surface area contributed by atoms with Gasteiger partial charge in [0.15, 0.2) is 5.96 Å². The van der Waals surface area contributed by atoms with Gasteiger partial charge in [-0.25, -0.2) is 4.98 Å². The van der Waals surface area contributed by atoms with Crippen molar-refractivity contribution in [3.05, 3.63) is 23.9 Å². The van der Waals surface area contributed by atoms with E-state index in [1.54, 1.807) is 13.2 Å². The number of nitrogens with zero attached hydrogens (tertiary/aromatic N) is 4. The van der Waals surface area contributed by atoms with Crippen molar-refractivity contribution in [2.24, 2.45) is 4.99 Å². The topological polar surface area (TPSA) is 55.8 Å². The molecule has 2 N–H and O–H groups in total. The van der Waals surface area contributed by atoms with Crippen LogP contribution in [0.3, 0.4) is 0 Å². The molecule has 1 fully saturated rings. The van der Waals surface area contributed by atoms with E-state index in [1.807, 2.05) is 31.1 Å². The molecule has 140 valence electrons. The van der Waals surface area contributed by atoms with E-state index in [0.29, 0.717) is 32.0 Å². The molecule has 1 unspecified atom stereocenters. The van der Waals surface area contributed by atoms with E-state index in [1.165, 1.54) is 4.90 Å². The van der Waals surface area contributed by atoms with Crippen LogP contribution in [0.15, 0.2) is 23.3 Å². The standard InChI is InChI=1S/C16H25F3N6/c1-20-15(22-9-12-4-6-21-14(8-12)24(2)3)23-13-5-7-25(10-13)11-16(17,18)19/h4,6,8,13H,5,7,9-11H2,1-3H3,(H2,20,22,23). The molecule has 6 nitrogen and oxygen atoms in total. The van der Waals surface area contributed by atoms with Gasteiger partial charge in [0.05, 0.1) is 6.54 Å². The van der Waals surface area contributed by atoms with Crippen LogP contribution in [0.25, 0.3) is 0 Å². The van der Waals surface area contributed by atoms with Gasteiger partial charge in [-0.3, -0.25) is 9.89 Å². The molecule has 9 heteroatoms. The summed E-state index contributed by atoms with van der Waals surface area (Å²) >= 11 is 0. The first kappa shape index (κ1) is 19.3. The Bertz CT molecular complexity index is 587. The number of halogens is 3. The fraction of sp³-hybridized carbons (Fsp3) is 0.625. The van der Waals surface area contributed by atoms with Crippen LogP contribution in [0.4, 0.5) is 19.0 Å². The molecule has 2 rings (SSSR count). The second-order valence-electron chi connectivity index (χ2n) is 6.32. The Morgan fingerprint density at radius 2 is 2.20 bits per heavy atom. The lowest BCUT2D eigenvalue weighted by Gasteiger charge is -2.20. The fourth-order valence-corrected chi connectivity index (χ4v) is 2.74. The molecule has 1 saturated heterocycles. The summed E-state index contributed by atoms with van der Waals surface area (Å²) in [5.41, 5.74) is 1.05. The quantitative estimate of drug-likeness (QED) is 0.616. The maximum absolute atomic E-state index is 12.5. The summed E-state index contributed by atoms with van der Waals surface area (Å²) in [5.74, 6) is 1.45. The van der Waals surface area contributed by atoms with Crippen LogP contribution in [0, 0.1) is 0 Å². The normalized spacial score (nSPS) is 19.1. The van der Waals surface area contributed by atoms with Gasteiger partial charge in [-0.05, 0) is 24.1 Å². The third-order valence-corrected chi connectivity index (χ3v) is 3.97. The Labute approximate surface area is 146 Å². The molecule has 1 aliphatic rings. The number of guanidine groups is 1. The lowest BCUT2D eigenvalue weighted by molar-refractivity contribution is -0.143. The molecule has 2 heterocycles. The van der Waals surface area contributed by atoms with Gasteiger partial charge < -0.3 is 15.5 Å². The third-order valence-electron chi connectivity index (χ3n) is 3.97. The van der Waals surface area contributed by atoms with Gasteiger partial charge in [0.1, 0.15) is 5.82 Å². The van der Waals surface area contributed by atoms with Crippen molar-refractivity contribution >= 4 is 11.8 Å². The fourth-order valence-electron chi connectivity index (χ4n) is 2.74. The summed E-state index contributed by atoms with van der Waals surface area (Å²) in [6, 6.07) is 3.85. The van der Waals surface area contributed by atoms with Crippen LogP contribution in [0.2, 0.25) is 0 Å². The molecule has 0 aliphatic carbocycles. The summed E-state index contributed by atoms with van der Waals surface area (Å²) in [5, 5.41) is 6.39. The predicted molar refractivity (Wildman–Crippen MR) is 92.8 cm³/mol. The number of hydrogen-bond donors (Lipinski definition) is 2. The van der Waals surface area contributed by atoms with Gasteiger partial charge in [0.2, 0.25) is 0 Å². The molecule has 1 aromatic rings. The second-order valence-corrected chi connectivity index (χ2v) is 6.32. The van der Waals surface area contributed by atoms with Gasteiger partial charge in [0.25, 0.3) is 0 Å². The van der Waals surface area contributed by atoms with E-state index in [2.05, 4.69) is 20.6 Å². The van der Waals surface area contributed by atoms with E-state index in [-0.39, 0.29) is 6.04 Å². The SMILES string of the molecule is CN=C(NCc1ccnc(N(C)C)c1)NC1CCN(CC(F)(F)F)C1. The molecule has 0 bridgehead atoms. The highest BCUT2D eigenvalue weighted by molar-refractivity contribution is 5.80. The lowest BCUT2D eigenvalue weighted by Crippen LogP contribution is -2.44. The highest BCUT2D eigenvalue weighted by Gasteiger charge is 2.34. The molecule has 0 radical (unpaired) electrons. The maximum Gasteiger partial charge on any atom is 0.401 e. The predicted octanol–water partition coefficient (Wildman–Crippen LogP) is 1.45. The zero-order valence-corrected chi connectivity index (χ0v) is 14.8. The summed E-state index contributed by atoms with van der Waals surface area (Å²) in [7, 11) is 5.50. The molecule has 0 saturated carbocycles. The molecule has 1 aromatic heterocycles. The highest BCUT2D eigenvalue weighted by Crippen LogP contribution is 2.19. The number of nitrogens with one attached hydrogen (secondary N) is 2. The molecular weight excluding hydrogens is 333 g/mol. The van der Waals surface area contributed by atoms with Gasteiger partial charge in [-0.1, -0.05) is 0 Å². The van der Waals surface area contributed by atoms with Crippen LogP contribution < -0.4 is 15.5 Å². The number of aromatic nitrogens is 1. The van der Waals surface area contributed by atoms with Crippen molar-refractivity contribution in [2.45, 2.75) is 25.2 Å². The zero-order valence-electron chi connectivity index (χ0n) is 14.8. The number of hydrogen-bond acceptors (Lipinski definition) is 4. The molecule has 1 aliphatic heterocycles. The molecular formula is C16H25F3N6. The van der Waals surface area contributed by atoms with E-state index in [9.17, 15) is 13.2 Å². The minimum absolute atomic E-state index is 0.0386. The van der Waals surface area contributed by atoms with Gasteiger partial charge in [0, 0.05) is 53.0 Å². The van der Waals surface area contributed by atoms with E-state index in [0.717, 1.165) is 11.4 Å². The Kier molecular flexibility index (Phi) is 6.46. The first-order valence-corrected chi connectivity index (χ1v) is 8.15. The van der Waals surface area contributed by atoms with E-state index >= 15 is 0 Å². The van der Waals surface area contributed by atoms with Crippen molar-refractivity contribution in [1.29, 1.82) is 0 Å². The maximum atomic E-state index is 12.5. The second kappa shape index (κ2) is 8.37. The van der Waals surface area contributed by atoms with Crippen molar-refractivity contribution in [3.8, 4) is 0 Å². The largest absolute Gasteiger partial charge is 0.401 e. The van der Waals surface area contributed by atoms with Crippen LogP contribution >= 0.6 is 0 Å². The molecule has 0 spiro atoms. The number of aliphatic imine (C=N–C) groups is 1. The summed E-state index contributed by atoms with van der Waals surface area (Å²) in [6.07, 6.45) is -1.74. The molecule has 0 aromatic carbocycles.